The number of hydrogen-bond acceptors (Lipinski definition) is 4. The quantitative estimate of drug-likeness (QED) is 0.196. The monoisotopic (exact) mass is 468 g/mol. The van der Waals surface area contributed by atoms with Gasteiger partial charge in [0.2, 0.25) is 0 Å². The van der Waals surface area contributed by atoms with Crippen LogP contribution in [0.2, 0.25) is 0 Å². The molecule has 0 saturated heterocycles. The SMILES string of the molecule is CCOC(=O)[C@]1(c2ccccc2)CC[C@@H](C(=O)CCCCC(=O)c2ccccc2)c2ccccc21. The highest BCUT2D eigenvalue weighted by Gasteiger charge is 2.49. The zero-order chi connectivity index (χ0) is 24.7. The van der Waals surface area contributed by atoms with Crippen LogP contribution in [0.4, 0.5) is 0 Å². The van der Waals surface area contributed by atoms with Gasteiger partial charge in [0.25, 0.3) is 0 Å². The number of fused-ring (bicyclic) bond motifs is 1. The van der Waals surface area contributed by atoms with Crippen molar-refractivity contribution in [3.8, 4) is 0 Å². The molecule has 0 N–H and O–H groups in total. The maximum absolute atomic E-state index is 13.4. The van der Waals surface area contributed by atoms with Gasteiger partial charge in [0.1, 0.15) is 11.2 Å². The number of carbonyl (C=O) groups is 3. The highest BCUT2D eigenvalue weighted by molar-refractivity contribution is 5.96. The number of unbranched alkanes of at least 4 members (excludes halogenated alkanes) is 1. The number of carbonyl (C=O) groups excluding carboxylic acids is 3. The van der Waals surface area contributed by atoms with Gasteiger partial charge in [0.15, 0.2) is 5.78 Å². The van der Waals surface area contributed by atoms with Gasteiger partial charge in [0, 0.05) is 24.3 Å². The van der Waals surface area contributed by atoms with Gasteiger partial charge < -0.3 is 4.74 Å². The van der Waals surface area contributed by atoms with E-state index < -0.39 is 5.41 Å². The number of benzene rings is 3. The summed E-state index contributed by atoms with van der Waals surface area (Å²) < 4.78 is 5.57. The van der Waals surface area contributed by atoms with Crippen LogP contribution in [0, 0.1) is 0 Å². The number of ketones is 2. The summed E-state index contributed by atoms with van der Waals surface area (Å²) in [7, 11) is 0. The summed E-state index contributed by atoms with van der Waals surface area (Å²) in [4.78, 5) is 39.1. The van der Waals surface area contributed by atoms with Gasteiger partial charge in [-0.3, -0.25) is 14.4 Å². The van der Waals surface area contributed by atoms with Gasteiger partial charge in [-0.25, -0.2) is 0 Å². The minimum atomic E-state index is -0.910. The number of esters is 1. The molecule has 0 heterocycles. The molecule has 3 aromatic rings. The summed E-state index contributed by atoms with van der Waals surface area (Å²) in [6.07, 6.45) is 3.35. The van der Waals surface area contributed by atoms with Crippen LogP contribution >= 0.6 is 0 Å². The molecule has 2 atom stereocenters. The van der Waals surface area contributed by atoms with Gasteiger partial charge in [0.05, 0.1) is 6.61 Å². The van der Waals surface area contributed by atoms with E-state index in [1.165, 1.54) is 0 Å². The molecule has 4 nitrogen and oxygen atoms in total. The summed E-state index contributed by atoms with van der Waals surface area (Å²) in [5, 5.41) is 0. The fraction of sp³-hybridized carbons (Fsp3) is 0.323. The highest BCUT2D eigenvalue weighted by Crippen LogP contribution is 2.48. The molecule has 4 rings (SSSR count). The zero-order valence-electron chi connectivity index (χ0n) is 20.2. The maximum Gasteiger partial charge on any atom is 0.321 e. The molecule has 180 valence electrons. The number of Topliss-reactive ketones (excluding diaryl/α,β-unsaturated/α-hetero) is 2. The van der Waals surface area contributed by atoms with Crippen molar-refractivity contribution in [2.24, 2.45) is 0 Å². The van der Waals surface area contributed by atoms with Gasteiger partial charge >= 0.3 is 5.97 Å². The van der Waals surface area contributed by atoms with E-state index in [-0.39, 0.29) is 23.5 Å². The second-order valence-electron chi connectivity index (χ2n) is 9.13. The van der Waals surface area contributed by atoms with Gasteiger partial charge in [-0.2, -0.15) is 0 Å². The van der Waals surface area contributed by atoms with Crippen molar-refractivity contribution in [2.45, 2.75) is 56.8 Å². The summed E-state index contributed by atoms with van der Waals surface area (Å²) >= 11 is 0. The topological polar surface area (TPSA) is 60.4 Å². The first kappa shape index (κ1) is 24.6. The molecule has 0 radical (unpaired) electrons. The van der Waals surface area contributed by atoms with Crippen LogP contribution in [0.1, 0.15) is 78.4 Å². The van der Waals surface area contributed by atoms with E-state index in [1.807, 2.05) is 91.9 Å². The molecule has 0 bridgehead atoms. The van der Waals surface area contributed by atoms with Crippen molar-refractivity contribution in [1.82, 2.24) is 0 Å². The molecule has 0 spiro atoms. The Morgan fingerprint density at radius 2 is 1.46 bits per heavy atom. The number of hydrogen-bond donors (Lipinski definition) is 0. The lowest BCUT2D eigenvalue weighted by Gasteiger charge is -2.40. The molecular weight excluding hydrogens is 436 g/mol. The molecule has 0 amide bonds. The molecule has 0 unspecified atom stereocenters. The lowest BCUT2D eigenvalue weighted by molar-refractivity contribution is -0.149. The third-order valence-corrected chi connectivity index (χ3v) is 7.06. The van der Waals surface area contributed by atoms with E-state index >= 15 is 0 Å². The van der Waals surface area contributed by atoms with Crippen LogP contribution in [0.25, 0.3) is 0 Å². The molecule has 1 aliphatic carbocycles. The molecule has 0 aliphatic heterocycles. The van der Waals surface area contributed by atoms with Crippen LogP contribution in [0.5, 0.6) is 0 Å². The molecule has 0 aromatic heterocycles. The van der Waals surface area contributed by atoms with Gasteiger partial charge in [-0.05, 0) is 49.3 Å². The third-order valence-electron chi connectivity index (χ3n) is 7.06. The predicted octanol–water partition coefficient (Wildman–Crippen LogP) is 6.43. The Morgan fingerprint density at radius 3 is 2.17 bits per heavy atom. The molecule has 35 heavy (non-hydrogen) atoms. The lowest BCUT2D eigenvalue weighted by Crippen LogP contribution is -2.43. The van der Waals surface area contributed by atoms with E-state index in [4.69, 9.17) is 4.74 Å². The molecule has 4 heteroatoms. The smallest absolute Gasteiger partial charge is 0.321 e. The Balaban J connectivity index is 1.51. The fourth-order valence-corrected chi connectivity index (χ4v) is 5.31. The van der Waals surface area contributed by atoms with Crippen LogP contribution in [0.3, 0.4) is 0 Å². The van der Waals surface area contributed by atoms with Crippen molar-refractivity contribution in [3.05, 3.63) is 107 Å². The number of ether oxygens (including phenoxy) is 1. The van der Waals surface area contributed by atoms with Crippen LogP contribution < -0.4 is 0 Å². The average Bonchev–Trinajstić information content (AvgIpc) is 2.91. The van der Waals surface area contributed by atoms with E-state index in [0.29, 0.717) is 45.1 Å². The van der Waals surface area contributed by atoms with Crippen molar-refractivity contribution < 1.29 is 19.1 Å². The molecule has 3 aromatic carbocycles. The van der Waals surface area contributed by atoms with E-state index in [2.05, 4.69) is 0 Å². The highest BCUT2D eigenvalue weighted by atomic mass is 16.5. The predicted molar refractivity (Wildman–Crippen MR) is 137 cm³/mol. The average molecular weight is 469 g/mol. The first-order valence-corrected chi connectivity index (χ1v) is 12.5. The largest absolute Gasteiger partial charge is 0.465 e. The molecular formula is C31H32O4. The Morgan fingerprint density at radius 1 is 0.829 bits per heavy atom. The molecule has 0 fully saturated rings. The Hall–Kier alpha value is -3.53. The Bertz CT molecular complexity index is 1170. The maximum atomic E-state index is 13.4. The summed E-state index contributed by atoms with van der Waals surface area (Å²) in [6.45, 7) is 2.12. The van der Waals surface area contributed by atoms with Gasteiger partial charge in [-0.15, -0.1) is 0 Å². The summed E-state index contributed by atoms with van der Waals surface area (Å²) in [5.41, 5.74) is 2.49. The first-order chi connectivity index (χ1) is 17.1. The fourth-order valence-electron chi connectivity index (χ4n) is 5.31. The third kappa shape index (κ3) is 5.12. The van der Waals surface area contributed by atoms with Crippen LogP contribution in [-0.4, -0.2) is 24.1 Å². The van der Waals surface area contributed by atoms with E-state index in [9.17, 15) is 14.4 Å². The van der Waals surface area contributed by atoms with Gasteiger partial charge in [-0.1, -0.05) is 84.9 Å². The molecule has 0 saturated carbocycles. The normalized spacial score (nSPS) is 18.9. The van der Waals surface area contributed by atoms with Crippen LogP contribution in [-0.2, 0) is 19.7 Å². The van der Waals surface area contributed by atoms with Crippen molar-refractivity contribution in [3.63, 3.8) is 0 Å². The minimum absolute atomic E-state index is 0.114. The van der Waals surface area contributed by atoms with E-state index in [0.717, 1.165) is 22.3 Å². The Labute approximate surface area is 207 Å². The van der Waals surface area contributed by atoms with E-state index in [1.54, 1.807) is 0 Å². The zero-order valence-corrected chi connectivity index (χ0v) is 20.2. The summed E-state index contributed by atoms with van der Waals surface area (Å²) in [5.74, 6) is -0.218. The second kappa shape index (κ2) is 11.3. The van der Waals surface area contributed by atoms with Crippen molar-refractivity contribution >= 4 is 17.5 Å². The molecule has 1 aliphatic rings. The summed E-state index contributed by atoms with van der Waals surface area (Å²) in [6, 6.07) is 26.8. The standard InChI is InChI=1S/C31H32O4/c1-2-35-30(34)31(24-15-7-4-8-16-24)22-21-26(25-17-9-10-18-27(25)31)29(33)20-12-11-19-28(32)23-13-5-3-6-14-23/h3-10,13-18,26H,2,11-12,19-22H2,1H3/t26-,31+/m1/s1. The Kier molecular flexibility index (Phi) is 7.91. The number of rotatable bonds is 10. The second-order valence-corrected chi connectivity index (χ2v) is 9.13. The van der Waals surface area contributed by atoms with Crippen molar-refractivity contribution in [2.75, 3.05) is 6.61 Å². The van der Waals surface area contributed by atoms with Crippen LogP contribution in [0.15, 0.2) is 84.9 Å². The first-order valence-electron chi connectivity index (χ1n) is 12.5. The van der Waals surface area contributed by atoms with Crippen molar-refractivity contribution in [1.29, 1.82) is 0 Å². The lowest BCUT2D eigenvalue weighted by atomic mass is 9.62. The minimum Gasteiger partial charge on any atom is -0.465 e.